The molecule has 3 rings (SSSR count). The van der Waals surface area contributed by atoms with Crippen molar-refractivity contribution in [3.8, 4) is 0 Å². The lowest BCUT2D eigenvalue weighted by atomic mass is 10.1. The molecule has 6 nitrogen and oxygen atoms in total. The van der Waals surface area contributed by atoms with Crippen molar-refractivity contribution in [1.29, 1.82) is 0 Å². The Bertz CT molecular complexity index is 770. The molecule has 7 heteroatoms. The van der Waals surface area contributed by atoms with Crippen molar-refractivity contribution >= 4 is 34.6 Å². The fraction of sp³-hybridized carbons (Fsp3) is 0.400. The fourth-order valence-corrected chi connectivity index (χ4v) is 3.78. The molecule has 144 valence electrons. The number of anilines is 2. The number of ether oxygens (including phenoxy) is 2. The Morgan fingerprint density at radius 1 is 1.26 bits per heavy atom. The molecule has 1 amide bonds. The van der Waals surface area contributed by atoms with Gasteiger partial charge in [0.25, 0.3) is 0 Å². The van der Waals surface area contributed by atoms with Gasteiger partial charge in [-0.05, 0) is 42.5 Å². The first-order valence-electron chi connectivity index (χ1n) is 9.04. The minimum Gasteiger partial charge on any atom is -0.465 e. The second kappa shape index (κ2) is 9.53. The van der Waals surface area contributed by atoms with Crippen LogP contribution in [0.25, 0.3) is 0 Å². The fourth-order valence-electron chi connectivity index (χ4n) is 3.03. The molecule has 1 aromatic carbocycles. The first kappa shape index (κ1) is 19.4. The van der Waals surface area contributed by atoms with Crippen molar-refractivity contribution in [3.05, 3.63) is 46.2 Å². The van der Waals surface area contributed by atoms with E-state index in [1.165, 1.54) is 12.0 Å². The largest absolute Gasteiger partial charge is 0.465 e. The van der Waals surface area contributed by atoms with Crippen molar-refractivity contribution in [2.24, 2.45) is 0 Å². The molecule has 0 saturated carbocycles. The highest BCUT2D eigenvalue weighted by molar-refractivity contribution is 7.09. The Morgan fingerprint density at radius 2 is 2.07 bits per heavy atom. The number of benzene rings is 1. The Kier molecular flexibility index (Phi) is 6.84. The maximum Gasteiger partial charge on any atom is 0.340 e. The van der Waals surface area contributed by atoms with E-state index in [2.05, 4.69) is 16.3 Å². The smallest absolute Gasteiger partial charge is 0.340 e. The third-order valence-electron chi connectivity index (χ3n) is 4.47. The molecule has 1 aliphatic heterocycles. The van der Waals surface area contributed by atoms with Crippen LogP contribution in [0.3, 0.4) is 0 Å². The molecule has 0 aliphatic carbocycles. The van der Waals surface area contributed by atoms with Crippen molar-refractivity contribution in [1.82, 2.24) is 0 Å². The molecule has 2 heterocycles. The number of esters is 1. The Hall–Kier alpha value is -2.38. The highest BCUT2D eigenvalue weighted by Gasteiger charge is 2.18. The summed E-state index contributed by atoms with van der Waals surface area (Å²) >= 11 is 1.70. The van der Waals surface area contributed by atoms with Crippen molar-refractivity contribution in [3.63, 3.8) is 0 Å². The number of nitrogens with zero attached hydrogens (tertiary/aromatic N) is 1. The first-order chi connectivity index (χ1) is 13.2. The Balaban J connectivity index is 1.65. The maximum absolute atomic E-state index is 12.3. The number of hydrogen-bond donors (Lipinski definition) is 1. The predicted octanol–water partition coefficient (Wildman–Crippen LogP) is 3.33. The Labute approximate surface area is 163 Å². The summed E-state index contributed by atoms with van der Waals surface area (Å²) in [5.74, 6) is -0.560. The number of thiophene rings is 1. The molecular weight excluding hydrogens is 364 g/mol. The second-order valence-electron chi connectivity index (χ2n) is 6.30. The minimum atomic E-state index is -0.459. The van der Waals surface area contributed by atoms with Crippen LogP contribution in [-0.4, -0.2) is 45.3 Å². The van der Waals surface area contributed by atoms with Gasteiger partial charge in [-0.15, -0.1) is 11.3 Å². The summed E-state index contributed by atoms with van der Waals surface area (Å²) < 4.78 is 10.3. The van der Waals surface area contributed by atoms with Crippen LogP contribution in [0, 0.1) is 0 Å². The number of carbonyl (C=O) groups is 2. The summed E-state index contributed by atoms with van der Waals surface area (Å²) in [5, 5.41) is 4.89. The molecule has 0 bridgehead atoms. The van der Waals surface area contributed by atoms with Crippen molar-refractivity contribution in [2.45, 2.75) is 19.3 Å². The lowest BCUT2D eigenvalue weighted by Gasteiger charge is -2.29. The van der Waals surface area contributed by atoms with Crippen LogP contribution in [0.15, 0.2) is 35.7 Å². The van der Waals surface area contributed by atoms with Crippen LogP contribution in [0.4, 0.5) is 11.4 Å². The van der Waals surface area contributed by atoms with Gasteiger partial charge in [0.05, 0.1) is 31.6 Å². The standard InChI is InChI=1S/C20H24N2O4S/c1-25-20(24)17-14-15(22-9-11-26-12-10-22)7-8-18(17)21-19(23)6-2-4-16-5-3-13-27-16/h3,5,7-8,13-14H,2,4,6,9-12H2,1H3,(H,21,23). The summed E-state index contributed by atoms with van der Waals surface area (Å²) in [7, 11) is 1.34. The zero-order chi connectivity index (χ0) is 19.1. The van der Waals surface area contributed by atoms with E-state index >= 15 is 0 Å². The van der Waals surface area contributed by atoms with E-state index in [1.807, 2.05) is 17.5 Å². The average Bonchev–Trinajstić information content (AvgIpc) is 3.22. The molecule has 1 N–H and O–H groups in total. The lowest BCUT2D eigenvalue weighted by Crippen LogP contribution is -2.36. The van der Waals surface area contributed by atoms with Gasteiger partial charge in [0.1, 0.15) is 0 Å². The molecule has 27 heavy (non-hydrogen) atoms. The molecule has 1 saturated heterocycles. The predicted molar refractivity (Wildman–Crippen MR) is 107 cm³/mol. The number of nitrogens with one attached hydrogen (secondary N) is 1. The number of aryl methyl sites for hydroxylation is 1. The normalized spacial score (nSPS) is 14.0. The third kappa shape index (κ3) is 5.30. The van der Waals surface area contributed by atoms with Gasteiger partial charge >= 0.3 is 5.97 Å². The molecule has 1 aromatic heterocycles. The van der Waals surface area contributed by atoms with E-state index in [9.17, 15) is 9.59 Å². The Morgan fingerprint density at radius 3 is 2.78 bits per heavy atom. The summed E-state index contributed by atoms with van der Waals surface area (Å²) in [6, 6.07) is 9.55. The summed E-state index contributed by atoms with van der Waals surface area (Å²) in [6.07, 6.45) is 2.06. The topological polar surface area (TPSA) is 67.9 Å². The number of methoxy groups -OCH3 is 1. The molecule has 1 aliphatic rings. The summed E-state index contributed by atoms with van der Waals surface area (Å²) in [4.78, 5) is 27.9. The monoisotopic (exact) mass is 388 g/mol. The number of rotatable bonds is 7. The second-order valence-corrected chi connectivity index (χ2v) is 7.33. The van der Waals surface area contributed by atoms with Gasteiger partial charge in [-0.1, -0.05) is 6.07 Å². The number of morpholine rings is 1. The van der Waals surface area contributed by atoms with Crippen LogP contribution < -0.4 is 10.2 Å². The molecular formula is C20H24N2O4S. The lowest BCUT2D eigenvalue weighted by molar-refractivity contribution is -0.116. The van der Waals surface area contributed by atoms with E-state index in [0.29, 0.717) is 30.9 Å². The van der Waals surface area contributed by atoms with Gasteiger partial charge in [-0.2, -0.15) is 0 Å². The first-order valence-corrected chi connectivity index (χ1v) is 9.92. The van der Waals surface area contributed by atoms with E-state index < -0.39 is 5.97 Å². The molecule has 0 radical (unpaired) electrons. The summed E-state index contributed by atoms with van der Waals surface area (Å²) in [6.45, 7) is 2.87. The zero-order valence-corrected chi connectivity index (χ0v) is 16.2. The molecule has 1 fully saturated rings. The van der Waals surface area contributed by atoms with E-state index in [1.54, 1.807) is 23.5 Å². The molecule has 0 unspecified atom stereocenters. The minimum absolute atomic E-state index is 0.101. The number of amides is 1. The maximum atomic E-state index is 12.3. The van der Waals surface area contributed by atoms with E-state index in [4.69, 9.17) is 9.47 Å². The van der Waals surface area contributed by atoms with Crippen LogP contribution >= 0.6 is 11.3 Å². The molecule has 0 spiro atoms. The van der Waals surface area contributed by atoms with E-state index in [-0.39, 0.29) is 5.91 Å². The number of hydrogen-bond acceptors (Lipinski definition) is 6. The van der Waals surface area contributed by atoms with Crippen LogP contribution in [0.2, 0.25) is 0 Å². The zero-order valence-electron chi connectivity index (χ0n) is 15.4. The van der Waals surface area contributed by atoms with Gasteiger partial charge in [0.2, 0.25) is 5.91 Å². The third-order valence-corrected chi connectivity index (χ3v) is 5.40. The summed E-state index contributed by atoms with van der Waals surface area (Å²) in [5.41, 5.74) is 1.78. The van der Waals surface area contributed by atoms with Crippen molar-refractivity contribution < 1.29 is 19.1 Å². The van der Waals surface area contributed by atoms with Crippen LogP contribution in [-0.2, 0) is 20.7 Å². The van der Waals surface area contributed by atoms with Crippen LogP contribution in [0.5, 0.6) is 0 Å². The highest BCUT2D eigenvalue weighted by atomic mass is 32.1. The SMILES string of the molecule is COC(=O)c1cc(N2CCOCC2)ccc1NC(=O)CCCc1cccs1. The quantitative estimate of drug-likeness (QED) is 0.737. The molecule has 2 aromatic rings. The van der Waals surface area contributed by atoms with Gasteiger partial charge in [-0.3, -0.25) is 4.79 Å². The molecule has 0 atom stereocenters. The average molecular weight is 388 g/mol. The van der Waals surface area contributed by atoms with Gasteiger partial charge in [0.15, 0.2) is 0 Å². The highest BCUT2D eigenvalue weighted by Crippen LogP contribution is 2.25. The van der Waals surface area contributed by atoms with E-state index in [0.717, 1.165) is 31.6 Å². The number of carbonyl (C=O) groups excluding carboxylic acids is 2. The van der Waals surface area contributed by atoms with Gasteiger partial charge < -0.3 is 19.7 Å². The van der Waals surface area contributed by atoms with Gasteiger partial charge in [0, 0.05) is 30.1 Å². The van der Waals surface area contributed by atoms with Crippen molar-refractivity contribution in [2.75, 3.05) is 43.6 Å². The van der Waals surface area contributed by atoms with Crippen LogP contribution in [0.1, 0.15) is 28.1 Å². The van der Waals surface area contributed by atoms with Gasteiger partial charge in [-0.25, -0.2) is 4.79 Å².